The molecule has 4 nitrogen and oxygen atoms in total. The van der Waals surface area contributed by atoms with Crippen molar-refractivity contribution in [1.82, 2.24) is 0 Å². The molecule has 4 fully saturated rings. The molecule has 4 heterocycles. The molecule has 0 amide bonds. The minimum atomic E-state index is 0.261. The van der Waals surface area contributed by atoms with Crippen molar-refractivity contribution in [2.45, 2.75) is 28.5 Å². The molecule has 23 heavy (non-hydrogen) atoms. The molecule has 4 saturated heterocycles. The molecule has 0 N–H and O–H groups in total. The van der Waals surface area contributed by atoms with Crippen molar-refractivity contribution in [2.24, 2.45) is 0 Å². The highest BCUT2D eigenvalue weighted by molar-refractivity contribution is 8.20. The normalized spacial score (nSPS) is 36.5. The molecule has 0 bridgehead atoms. The fourth-order valence-corrected chi connectivity index (χ4v) is 8.63. The van der Waals surface area contributed by atoms with Crippen LogP contribution in [0.4, 0.5) is 0 Å². The quantitative estimate of drug-likeness (QED) is 0.327. The Hall–Kier alpha value is 1.24. The highest BCUT2D eigenvalue weighted by Gasteiger charge is 2.38. The molecule has 8 heteroatoms. The number of rotatable bonds is 14. The topological polar surface area (TPSA) is 50.1 Å². The molecule has 132 valence electrons. The molecule has 4 rings (SSSR count). The van der Waals surface area contributed by atoms with E-state index in [9.17, 15) is 0 Å². The van der Waals surface area contributed by atoms with Crippen LogP contribution in [-0.2, 0) is 18.9 Å². The highest BCUT2D eigenvalue weighted by atomic mass is 32.2. The Morgan fingerprint density at radius 3 is 1.30 bits per heavy atom. The lowest BCUT2D eigenvalue weighted by molar-refractivity contribution is 0.425. The number of hydrogen-bond donors (Lipinski definition) is 0. The van der Waals surface area contributed by atoms with Gasteiger partial charge in [0.05, 0.1) is 54.9 Å². The summed E-state index contributed by atoms with van der Waals surface area (Å²) in [7, 11) is 0. The van der Waals surface area contributed by atoms with Crippen LogP contribution in [0, 0.1) is 0 Å². The van der Waals surface area contributed by atoms with Gasteiger partial charge in [0, 0.05) is 34.5 Å². The first-order chi connectivity index (χ1) is 11.3. The molecule has 4 atom stereocenters. The van der Waals surface area contributed by atoms with Gasteiger partial charge >= 0.3 is 0 Å². The molecule has 0 aromatic rings. The molecule has 0 spiro atoms. The van der Waals surface area contributed by atoms with Gasteiger partial charge in [-0.05, 0) is 0 Å². The molecule has 0 radical (unpaired) electrons. The zero-order chi connectivity index (χ0) is 15.5. The van der Waals surface area contributed by atoms with Gasteiger partial charge in [-0.15, -0.1) is 23.5 Å². The first kappa shape index (κ1) is 17.6. The molecule has 0 aromatic carbocycles. The third-order valence-electron chi connectivity index (χ3n) is 3.93. The molecular weight excluding hydrogens is 372 g/mol. The minimum Gasteiger partial charge on any atom is -0.372 e. The SMILES string of the molecule is C1OC1CSCC(CSCC1CO1)(SCC1CO1)SCC1CO1. The predicted molar refractivity (Wildman–Crippen MR) is 101 cm³/mol. The molecule has 0 aliphatic carbocycles. The van der Waals surface area contributed by atoms with Crippen molar-refractivity contribution in [3.05, 3.63) is 0 Å². The lowest BCUT2D eigenvalue weighted by Crippen LogP contribution is -2.30. The van der Waals surface area contributed by atoms with Gasteiger partial charge in [-0.2, -0.15) is 23.5 Å². The van der Waals surface area contributed by atoms with Crippen LogP contribution in [-0.4, -0.2) is 89.4 Å². The fraction of sp³-hybridized carbons (Fsp3) is 1.00. The predicted octanol–water partition coefficient (Wildman–Crippen LogP) is 2.21. The molecule has 4 aliphatic rings. The maximum atomic E-state index is 5.44. The number of hydrogen-bond acceptors (Lipinski definition) is 8. The van der Waals surface area contributed by atoms with E-state index in [1.807, 2.05) is 0 Å². The average Bonchev–Trinajstić information content (AvgIpc) is 3.34. The molecule has 4 aliphatic heterocycles. The van der Waals surface area contributed by atoms with E-state index >= 15 is 0 Å². The third kappa shape index (κ3) is 6.81. The zero-order valence-electron chi connectivity index (χ0n) is 13.1. The van der Waals surface area contributed by atoms with E-state index in [1.165, 1.54) is 11.5 Å². The van der Waals surface area contributed by atoms with Crippen molar-refractivity contribution in [3.8, 4) is 0 Å². The molecule has 0 aromatic heterocycles. The van der Waals surface area contributed by atoms with E-state index in [1.54, 1.807) is 0 Å². The van der Waals surface area contributed by atoms with Gasteiger partial charge in [0.25, 0.3) is 0 Å². The molecular formula is C15H24O4S4. The molecule has 0 saturated carbocycles. The highest BCUT2D eigenvalue weighted by Crippen LogP contribution is 2.45. The van der Waals surface area contributed by atoms with Gasteiger partial charge in [-0.25, -0.2) is 0 Å². The van der Waals surface area contributed by atoms with Crippen LogP contribution in [0.3, 0.4) is 0 Å². The maximum Gasteiger partial charge on any atom is 0.0900 e. The van der Waals surface area contributed by atoms with Gasteiger partial charge in [0.15, 0.2) is 0 Å². The minimum absolute atomic E-state index is 0.261. The van der Waals surface area contributed by atoms with E-state index < -0.39 is 0 Å². The van der Waals surface area contributed by atoms with Crippen LogP contribution < -0.4 is 0 Å². The van der Waals surface area contributed by atoms with E-state index in [4.69, 9.17) is 18.9 Å². The lowest BCUT2D eigenvalue weighted by atomic mass is 10.5. The van der Waals surface area contributed by atoms with Crippen LogP contribution in [0.25, 0.3) is 0 Å². The Balaban J connectivity index is 1.29. The van der Waals surface area contributed by atoms with Gasteiger partial charge in [0.2, 0.25) is 0 Å². The van der Waals surface area contributed by atoms with Crippen LogP contribution in [0.2, 0.25) is 0 Å². The Kier molecular flexibility index (Phi) is 6.36. The van der Waals surface area contributed by atoms with Crippen LogP contribution in [0.1, 0.15) is 0 Å². The summed E-state index contributed by atoms with van der Waals surface area (Å²) in [6, 6.07) is 0. The van der Waals surface area contributed by atoms with Crippen molar-refractivity contribution in [1.29, 1.82) is 0 Å². The van der Waals surface area contributed by atoms with Crippen molar-refractivity contribution < 1.29 is 18.9 Å². The second kappa shape index (κ2) is 8.29. The maximum absolute atomic E-state index is 5.44. The standard InChI is InChI=1S/C15H24O4S4/c1-11(16-1)5-20-9-15(22-7-13-3-18-13,23-8-14-4-19-14)10-21-6-12-2-17-12/h11-14H,1-10H2. The van der Waals surface area contributed by atoms with Crippen LogP contribution >= 0.6 is 47.0 Å². The van der Waals surface area contributed by atoms with Gasteiger partial charge in [-0.1, -0.05) is 0 Å². The summed E-state index contributed by atoms with van der Waals surface area (Å²) in [6.45, 7) is 3.82. The van der Waals surface area contributed by atoms with E-state index in [0.29, 0.717) is 24.4 Å². The fourth-order valence-electron chi connectivity index (χ4n) is 2.09. The van der Waals surface area contributed by atoms with E-state index in [0.717, 1.165) is 49.4 Å². The van der Waals surface area contributed by atoms with Crippen molar-refractivity contribution in [2.75, 3.05) is 60.9 Å². The summed E-state index contributed by atoms with van der Waals surface area (Å²) in [4.78, 5) is 0. The Morgan fingerprint density at radius 2 is 0.957 bits per heavy atom. The Labute approximate surface area is 155 Å². The van der Waals surface area contributed by atoms with Gasteiger partial charge in [0.1, 0.15) is 0 Å². The summed E-state index contributed by atoms with van der Waals surface area (Å²) < 4.78 is 21.9. The Morgan fingerprint density at radius 1 is 0.609 bits per heavy atom. The number of ether oxygens (including phenoxy) is 4. The first-order valence-corrected chi connectivity index (χ1v) is 12.5. The summed E-state index contributed by atoms with van der Waals surface area (Å²) in [5.74, 6) is 6.89. The van der Waals surface area contributed by atoms with E-state index in [2.05, 4.69) is 47.0 Å². The largest absolute Gasteiger partial charge is 0.372 e. The summed E-state index contributed by atoms with van der Waals surface area (Å²) in [5.41, 5.74) is 0. The Bertz CT molecular complexity index is 348. The zero-order valence-corrected chi connectivity index (χ0v) is 16.4. The van der Waals surface area contributed by atoms with E-state index in [-0.39, 0.29) is 4.08 Å². The second-order valence-electron chi connectivity index (χ2n) is 6.38. The van der Waals surface area contributed by atoms with Gasteiger partial charge in [-0.3, -0.25) is 0 Å². The van der Waals surface area contributed by atoms with Gasteiger partial charge < -0.3 is 18.9 Å². The molecule has 4 unspecified atom stereocenters. The van der Waals surface area contributed by atoms with Crippen molar-refractivity contribution >= 4 is 47.0 Å². The third-order valence-corrected chi connectivity index (χ3v) is 10.7. The monoisotopic (exact) mass is 396 g/mol. The number of epoxide rings is 4. The number of thioether (sulfide) groups is 4. The summed E-state index contributed by atoms with van der Waals surface area (Å²) >= 11 is 8.34. The second-order valence-corrected chi connectivity index (χ2v) is 11.5. The summed E-state index contributed by atoms with van der Waals surface area (Å²) in [5, 5.41) is 0. The smallest absolute Gasteiger partial charge is 0.0900 e. The van der Waals surface area contributed by atoms with Crippen LogP contribution in [0.5, 0.6) is 0 Å². The average molecular weight is 397 g/mol. The summed E-state index contributed by atoms with van der Waals surface area (Å²) in [6.07, 6.45) is 2.01. The lowest BCUT2D eigenvalue weighted by Gasteiger charge is -2.32. The van der Waals surface area contributed by atoms with Crippen LogP contribution in [0.15, 0.2) is 0 Å². The first-order valence-electron chi connectivity index (χ1n) is 8.21. The van der Waals surface area contributed by atoms with Crippen molar-refractivity contribution in [3.63, 3.8) is 0 Å².